The van der Waals surface area contributed by atoms with Crippen molar-refractivity contribution >= 4 is 47.6 Å². The fraction of sp³-hybridized carbons (Fsp3) is 0.0455. The number of aromatic nitrogens is 1. The Morgan fingerprint density at radius 3 is 2.06 bits per heavy atom. The topological polar surface area (TPSA) is 72.2 Å². The fourth-order valence-corrected chi connectivity index (χ4v) is 4.63. The van der Waals surface area contributed by atoms with Crippen molar-refractivity contribution in [2.45, 2.75) is 16.5 Å². The number of benzene rings is 3. The Balaban J connectivity index is 1.74. The van der Waals surface area contributed by atoms with Gasteiger partial charge in [0, 0.05) is 21.1 Å². The van der Waals surface area contributed by atoms with Gasteiger partial charge in [0.1, 0.15) is 5.82 Å². The Hall–Kier alpha value is -2.49. The van der Waals surface area contributed by atoms with Gasteiger partial charge in [0.15, 0.2) is 0 Å². The Morgan fingerprint density at radius 2 is 1.45 bits per heavy atom. The normalized spacial score (nSPS) is 11.5. The Kier molecular flexibility index (Phi) is 6.27. The van der Waals surface area contributed by atoms with Gasteiger partial charge in [0.25, 0.3) is 0 Å². The molecule has 5 nitrogen and oxygen atoms in total. The van der Waals surface area contributed by atoms with Crippen molar-refractivity contribution in [1.82, 2.24) is 4.98 Å². The summed E-state index contributed by atoms with van der Waals surface area (Å²) in [6.45, 7) is 0.234. The van der Waals surface area contributed by atoms with E-state index < -0.39 is 9.84 Å². The highest BCUT2D eigenvalue weighted by Gasteiger charge is 2.28. The molecule has 1 N–H and O–H groups in total. The molecule has 0 aliphatic rings. The minimum atomic E-state index is -3.95. The molecular weight excluding hydrogens is 551 g/mol. The van der Waals surface area contributed by atoms with Crippen molar-refractivity contribution in [3.63, 3.8) is 0 Å². The molecule has 0 aliphatic heterocycles. The van der Waals surface area contributed by atoms with Gasteiger partial charge in [0.05, 0.1) is 4.90 Å². The largest absolute Gasteiger partial charge is 0.419 e. The number of hydrogen-bond donors (Lipinski definition) is 1. The first-order valence-corrected chi connectivity index (χ1v) is 12.2. The Morgan fingerprint density at radius 1 is 0.871 bits per heavy atom. The standard InChI is InChI=1S/C22H15Br2FN2O3S/c23-16-5-3-15(4-6-16)20-27-22(31(28,29)19-11-7-17(24)8-12-19)21(30-20)26-13-14-1-9-18(25)10-2-14/h1-12,26H,13H2. The number of rotatable bonds is 6. The van der Waals surface area contributed by atoms with Crippen LogP contribution in [0, 0.1) is 5.82 Å². The predicted molar refractivity (Wildman–Crippen MR) is 123 cm³/mol. The van der Waals surface area contributed by atoms with Crippen LogP contribution >= 0.6 is 31.9 Å². The fourth-order valence-electron chi connectivity index (χ4n) is 2.83. The first kappa shape index (κ1) is 21.7. The molecule has 0 saturated carbocycles. The Bertz CT molecular complexity index is 1300. The molecule has 0 aliphatic carbocycles. The maximum Gasteiger partial charge on any atom is 0.234 e. The van der Waals surface area contributed by atoms with E-state index in [0.717, 1.165) is 14.5 Å². The number of oxazole rings is 1. The highest BCUT2D eigenvalue weighted by atomic mass is 79.9. The highest BCUT2D eigenvalue weighted by Crippen LogP contribution is 2.33. The molecule has 3 aromatic carbocycles. The van der Waals surface area contributed by atoms with Crippen molar-refractivity contribution in [1.29, 1.82) is 0 Å². The van der Waals surface area contributed by atoms with Crippen LogP contribution in [0.4, 0.5) is 10.3 Å². The van der Waals surface area contributed by atoms with Crippen molar-refractivity contribution in [2.24, 2.45) is 0 Å². The molecule has 4 aromatic rings. The zero-order valence-corrected chi connectivity index (χ0v) is 19.8. The molecular formula is C22H15Br2FN2O3S. The van der Waals surface area contributed by atoms with Gasteiger partial charge in [-0.15, -0.1) is 0 Å². The lowest BCUT2D eigenvalue weighted by molar-refractivity contribution is 0.576. The molecule has 1 heterocycles. The number of anilines is 1. The molecule has 1 aromatic heterocycles. The summed E-state index contributed by atoms with van der Waals surface area (Å²) in [5.74, 6) is -0.158. The van der Waals surface area contributed by atoms with Gasteiger partial charge in [-0.2, -0.15) is 4.98 Å². The number of nitrogens with one attached hydrogen (secondary N) is 1. The average Bonchev–Trinajstić information content (AvgIpc) is 3.19. The van der Waals surface area contributed by atoms with Gasteiger partial charge in [0.2, 0.25) is 26.6 Å². The van der Waals surface area contributed by atoms with Crippen LogP contribution in [0.5, 0.6) is 0 Å². The number of nitrogens with zero attached hydrogens (tertiary/aromatic N) is 1. The molecule has 0 saturated heterocycles. The summed E-state index contributed by atoms with van der Waals surface area (Å²) >= 11 is 6.68. The van der Waals surface area contributed by atoms with E-state index in [-0.39, 0.29) is 34.1 Å². The van der Waals surface area contributed by atoms with Crippen molar-refractivity contribution in [3.05, 3.63) is 93.1 Å². The van der Waals surface area contributed by atoms with E-state index in [1.165, 1.54) is 24.3 Å². The van der Waals surface area contributed by atoms with E-state index in [9.17, 15) is 12.8 Å². The minimum absolute atomic E-state index is 0.0187. The van der Waals surface area contributed by atoms with Gasteiger partial charge < -0.3 is 9.73 Å². The SMILES string of the molecule is O=S(=O)(c1ccc(Br)cc1)c1nc(-c2ccc(Br)cc2)oc1NCc1ccc(F)cc1. The van der Waals surface area contributed by atoms with Crippen LogP contribution in [0.3, 0.4) is 0 Å². The number of sulfone groups is 1. The first-order valence-electron chi connectivity index (χ1n) is 9.09. The maximum absolute atomic E-state index is 13.3. The van der Waals surface area contributed by atoms with Gasteiger partial charge in [-0.3, -0.25) is 0 Å². The van der Waals surface area contributed by atoms with Gasteiger partial charge in [-0.25, -0.2) is 12.8 Å². The molecule has 9 heteroatoms. The second-order valence-corrected chi connectivity index (χ2v) is 10.3. The zero-order valence-electron chi connectivity index (χ0n) is 15.8. The predicted octanol–water partition coefficient (Wildman–Crippen LogP) is 6.45. The summed E-state index contributed by atoms with van der Waals surface area (Å²) in [5, 5.41) is 2.78. The van der Waals surface area contributed by atoms with E-state index >= 15 is 0 Å². The Labute approximate surface area is 195 Å². The lowest BCUT2D eigenvalue weighted by atomic mass is 10.2. The van der Waals surface area contributed by atoms with Crippen LogP contribution in [-0.4, -0.2) is 13.4 Å². The molecule has 0 atom stereocenters. The summed E-state index contributed by atoms with van der Waals surface area (Å²) in [5.41, 5.74) is 1.39. The van der Waals surface area contributed by atoms with E-state index in [1.807, 2.05) is 12.1 Å². The lowest BCUT2D eigenvalue weighted by Gasteiger charge is -2.06. The molecule has 0 fully saturated rings. The third kappa shape index (κ3) is 4.89. The summed E-state index contributed by atoms with van der Waals surface area (Å²) < 4.78 is 47.2. The zero-order chi connectivity index (χ0) is 22.0. The molecule has 4 rings (SSSR count). The average molecular weight is 566 g/mol. The first-order chi connectivity index (χ1) is 14.8. The van der Waals surface area contributed by atoms with Crippen molar-refractivity contribution in [3.8, 4) is 11.5 Å². The summed E-state index contributed by atoms with van der Waals surface area (Å²) in [6.07, 6.45) is 0. The third-order valence-corrected chi connectivity index (χ3v) is 7.17. The molecule has 0 radical (unpaired) electrons. The molecule has 31 heavy (non-hydrogen) atoms. The van der Waals surface area contributed by atoms with E-state index in [2.05, 4.69) is 42.2 Å². The molecule has 0 unspecified atom stereocenters. The quantitative estimate of drug-likeness (QED) is 0.291. The number of halogens is 3. The van der Waals surface area contributed by atoms with E-state index in [0.29, 0.717) is 5.56 Å². The smallest absolute Gasteiger partial charge is 0.234 e. The van der Waals surface area contributed by atoms with Crippen LogP contribution in [0.2, 0.25) is 0 Å². The van der Waals surface area contributed by atoms with Crippen LogP contribution < -0.4 is 5.32 Å². The maximum atomic E-state index is 13.3. The number of hydrogen-bond acceptors (Lipinski definition) is 5. The van der Waals surface area contributed by atoms with Crippen molar-refractivity contribution in [2.75, 3.05) is 5.32 Å². The van der Waals surface area contributed by atoms with Crippen LogP contribution in [0.15, 0.2) is 96.1 Å². The second kappa shape index (κ2) is 8.94. The summed E-state index contributed by atoms with van der Waals surface area (Å²) in [7, 11) is -3.95. The van der Waals surface area contributed by atoms with Crippen LogP contribution in [0.25, 0.3) is 11.5 Å². The molecule has 0 bridgehead atoms. The van der Waals surface area contributed by atoms with Crippen LogP contribution in [-0.2, 0) is 16.4 Å². The second-order valence-electron chi connectivity index (χ2n) is 6.60. The van der Waals surface area contributed by atoms with Crippen LogP contribution in [0.1, 0.15) is 5.56 Å². The summed E-state index contributed by atoms with van der Waals surface area (Å²) in [6, 6.07) is 19.4. The molecule has 0 amide bonds. The third-order valence-electron chi connectivity index (χ3n) is 4.43. The monoisotopic (exact) mass is 564 g/mol. The van der Waals surface area contributed by atoms with E-state index in [1.54, 1.807) is 36.4 Å². The summed E-state index contributed by atoms with van der Waals surface area (Å²) in [4.78, 5) is 4.40. The minimum Gasteiger partial charge on any atom is -0.419 e. The van der Waals surface area contributed by atoms with E-state index in [4.69, 9.17) is 4.42 Å². The van der Waals surface area contributed by atoms with Gasteiger partial charge in [-0.05, 0) is 66.2 Å². The molecule has 0 spiro atoms. The van der Waals surface area contributed by atoms with Gasteiger partial charge >= 0.3 is 0 Å². The molecule has 158 valence electrons. The van der Waals surface area contributed by atoms with Gasteiger partial charge in [-0.1, -0.05) is 44.0 Å². The highest BCUT2D eigenvalue weighted by molar-refractivity contribution is 9.10. The lowest BCUT2D eigenvalue weighted by Crippen LogP contribution is -2.07. The van der Waals surface area contributed by atoms with Crippen molar-refractivity contribution < 1.29 is 17.2 Å².